The van der Waals surface area contributed by atoms with Gasteiger partial charge in [0, 0.05) is 51.2 Å². The summed E-state index contributed by atoms with van der Waals surface area (Å²) in [5.74, 6) is 1.06. The molecule has 0 bridgehead atoms. The zero-order chi connectivity index (χ0) is 14.4. The highest BCUT2D eigenvalue weighted by Crippen LogP contribution is 2.20. The van der Waals surface area contributed by atoms with Crippen molar-refractivity contribution in [2.24, 2.45) is 5.92 Å². The van der Waals surface area contributed by atoms with Crippen LogP contribution in [0.2, 0.25) is 0 Å². The zero-order valence-corrected chi connectivity index (χ0v) is 12.2. The van der Waals surface area contributed by atoms with Gasteiger partial charge in [-0.05, 0) is 12.3 Å². The third-order valence-electron chi connectivity index (χ3n) is 3.71. The van der Waals surface area contributed by atoms with Crippen LogP contribution in [0.3, 0.4) is 0 Å². The van der Waals surface area contributed by atoms with Crippen LogP contribution in [-0.2, 0) is 11.3 Å². The monoisotopic (exact) mass is 280 g/mol. The van der Waals surface area contributed by atoms with Crippen LogP contribution in [0.4, 0.5) is 5.95 Å². The van der Waals surface area contributed by atoms with Gasteiger partial charge in [0.25, 0.3) is 0 Å². The smallest absolute Gasteiger partial charge is 0.225 e. The Morgan fingerprint density at radius 1 is 1.45 bits per heavy atom. The molecule has 1 aromatic heterocycles. The van der Waals surface area contributed by atoms with Crippen molar-refractivity contribution in [3.63, 3.8) is 0 Å². The summed E-state index contributed by atoms with van der Waals surface area (Å²) in [7, 11) is 1.69. The van der Waals surface area contributed by atoms with E-state index in [0.29, 0.717) is 25.0 Å². The number of hydrogen-bond acceptors (Lipinski definition) is 6. The highest BCUT2D eigenvalue weighted by Gasteiger charge is 2.25. The molecular formula is C14H24N4O2. The number of anilines is 1. The third kappa shape index (κ3) is 4.13. The molecule has 1 fully saturated rings. The summed E-state index contributed by atoms with van der Waals surface area (Å²) in [4.78, 5) is 10.8. The SMILES string of the molecule is COCCNCc1cnc(N2CCC(C)C(O)C2)nc1. The molecule has 0 spiro atoms. The van der Waals surface area contributed by atoms with Crippen LogP contribution in [0.15, 0.2) is 12.4 Å². The van der Waals surface area contributed by atoms with Crippen LogP contribution in [0, 0.1) is 5.92 Å². The summed E-state index contributed by atoms with van der Waals surface area (Å²) in [6, 6.07) is 0. The maximum Gasteiger partial charge on any atom is 0.225 e. The molecule has 1 aliphatic heterocycles. The van der Waals surface area contributed by atoms with E-state index in [1.54, 1.807) is 7.11 Å². The summed E-state index contributed by atoms with van der Waals surface area (Å²) in [6.45, 7) is 5.86. The second-order valence-corrected chi connectivity index (χ2v) is 5.34. The van der Waals surface area contributed by atoms with Crippen LogP contribution in [0.1, 0.15) is 18.9 Å². The van der Waals surface area contributed by atoms with E-state index >= 15 is 0 Å². The summed E-state index contributed by atoms with van der Waals surface area (Å²) in [5.41, 5.74) is 1.05. The van der Waals surface area contributed by atoms with Crippen molar-refractivity contribution >= 4 is 5.95 Å². The maximum atomic E-state index is 9.91. The van der Waals surface area contributed by atoms with E-state index in [0.717, 1.165) is 31.6 Å². The molecule has 2 heterocycles. The summed E-state index contributed by atoms with van der Waals surface area (Å²) in [5, 5.41) is 13.2. The lowest BCUT2D eigenvalue weighted by molar-refractivity contribution is 0.102. The topological polar surface area (TPSA) is 70.5 Å². The molecular weight excluding hydrogens is 256 g/mol. The first kappa shape index (κ1) is 15.2. The molecule has 1 aliphatic rings. The number of rotatable bonds is 6. The molecule has 1 saturated heterocycles. The van der Waals surface area contributed by atoms with E-state index in [1.807, 2.05) is 17.3 Å². The fourth-order valence-corrected chi connectivity index (χ4v) is 2.24. The average molecular weight is 280 g/mol. The molecule has 2 N–H and O–H groups in total. The van der Waals surface area contributed by atoms with Crippen LogP contribution in [0.25, 0.3) is 0 Å². The molecule has 112 valence electrons. The Bertz CT molecular complexity index is 399. The molecule has 6 heteroatoms. The molecule has 6 nitrogen and oxygen atoms in total. The molecule has 2 unspecified atom stereocenters. The van der Waals surface area contributed by atoms with E-state index in [9.17, 15) is 5.11 Å². The number of nitrogens with zero attached hydrogens (tertiary/aromatic N) is 3. The van der Waals surface area contributed by atoms with Crippen molar-refractivity contribution < 1.29 is 9.84 Å². The number of piperidine rings is 1. The molecule has 20 heavy (non-hydrogen) atoms. The number of aliphatic hydroxyl groups is 1. The van der Waals surface area contributed by atoms with E-state index in [4.69, 9.17) is 4.74 Å². The zero-order valence-electron chi connectivity index (χ0n) is 12.2. The Hall–Kier alpha value is -1.24. The lowest BCUT2D eigenvalue weighted by Crippen LogP contribution is -2.43. The number of hydrogen-bond donors (Lipinski definition) is 2. The molecule has 0 aromatic carbocycles. The van der Waals surface area contributed by atoms with E-state index < -0.39 is 0 Å². The van der Waals surface area contributed by atoms with E-state index in [1.165, 1.54) is 0 Å². The van der Waals surface area contributed by atoms with Gasteiger partial charge in [-0.1, -0.05) is 6.92 Å². The fraction of sp³-hybridized carbons (Fsp3) is 0.714. The predicted octanol–water partition coefficient (Wildman–Crippen LogP) is 0.420. The number of ether oxygens (including phenoxy) is 1. The number of methoxy groups -OCH3 is 1. The molecule has 2 atom stereocenters. The van der Waals surface area contributed by atoms with Crippen molar-refractivity contribution in [2.45, 2.75) is 26.0 Å². The van der Waals surface area contributed by atoms with Crippen molar-refractivity contribution in [1.29, 1.82) is 0 Å². The van der Waals surface area contributed by atoms with Crippen LogP contribution in [-0.4, -0.2) is 54.5 Å². The van der Waals surface area contributed by atoms with Gasteiger partial charge in [-0.2, -0.15) is 0 Å². The average Bonchev–Trinajstić information content (AvgIpc) is 2.47. The summed E-state index contributed by atoms with van der Waals surface area (Å²) < 4.78 is 4.97. The number of aromatic nitrogens is 2. The molecule has 1 aromatic rings. The normalized spacial score (nSPS) is 23.1. The van der Waals surface area contributed by atoms with Gasteiger partial charge in [0.2, 0.25) is 5.95 Å². The molecule has 0 radical (unpaired) electrons. The Morgan fingerprint density at radius 2 is 2.20 bits per heavy atom. The Balaban J connectivity index is 1.85. The quantitative estimate of drug-likeness (QED) is 0.736. The first-order valence-electron chi connectivity index (χ1n) is 7.14. The van der Waals surface area contributed by atoms with Gasteiger partial charge in [0.1, 0.15) is 0 Å². The molecule has 0 amide bonds. The van der Waals surface area contributed by atoms with Crippen molar-refractivity contribution in [2.75, 3.05) is 38.3 Å². The Kier molecular flexibility index (Phi) is 5.70. The van der Waals surface area contributed by atoms with Crippen LogP contribution >= 0.6 is 0 Å². The lowest BCUT2D eigenvalue weighted by atomic mass is 9.96. The van der Waals surface area contributed by atoms with Crippen molar-refractivity contribution in [3.05, 3.63) is 18.0 Å². The van der Waals surface area contributed by atoms with Gasteiger partial charge in [-0.25, -0.2) is 9.97 Å². The number of nitrogens with one attached hydrogen (secondary N) is 1. The van der Waals surface area contributed by atoms with Gasteiger partial charge in [-0.15, -0.1) is 0 Å². The minimum atomic E-state index is -0.289. The molecule has 0 saturated carbocycles. The molecule has 0 aliphatic carbocycles. The second kappa shape index (κ2) is 7.52. The van der Waals surface area contributed by atoms with E-state index in [-0.39, 0.29) is 6.10 Å². The predicted molar refractivity (Wildman–Crippen MR) is 77.6 cm³/mol. The largest absolute Gasteiger partial charge is 0.391 e. The lowest BCUT2D eigenvalue weighted by Gasteiger charge is -2.34. The van der Waals surface area contributed by atoms with Gasteiger partial charge in [0.05, 0.1) is 12.7 Å². The minimum absolute atomic E-state index is 0.289. The number of aliphatic hydroxyl groups excluding tert-OH is 1. The van der Waals surface area contributed by atoms with Crippen LogP contribution < -0.4 is 10.2 Å². The van der Waals surface area contributed by atoms with Crippen molar-refractivity contribution in [3.8, 4) is 0 Å². The second-order valence-electron chi connectivity index (χ2n) is 5.34. The first-order valence-corrected chi connectivity index (χ1v) is 7.14. The molecule has 2 rings (SSSR count). The maximum absolute atomic E-state index is 9.91. The van der Waals surface area contributed by atoms with Gasteiger partial charge >= 0.3 is 0 Å². The standard InChI is InChI=1S/C14H24N4O2/c1-11-3-5-18(10-13(11)19)14-16-8-12(9-17-14)7-15-4-6-20-2/h8-9,11,13,15,19H,3-7,10H2,1-2H3. The van der Waals surface area contributed by atoms with Gasteiger partial charge in [0.15, 0.2) is 0 Å². The summed E-state index contributed by atoms with van der Waals surface area (Å²) in [6.07, 6.45) is 4.37. The number of β-amino-alcohol motifs (C(OH)–C–C–N with tert-alkyl or cyclic N) is 1. The Morgan fingerprint density at radius 3 is 2.85 bits per heavy atom. The van der Waals surface area contributed by atoms with E-state index in [2.05, 4.69) is 22.2 Å². The first-order chi connectivity index (χ1) is 9.70. The van der Waals surface area contributed by atoms with Gasteiger partial charge in [-0.3, -0.25) is 0 Å². The fourth-order valence-electron chi connectivity index (χ4n) is 2.24. The van der Waals surface area contributed by atoms with Gasteiger partial charge < -0.3 is 20.1 Å². The Labute approximate surface area is 120 Å². The van der Waals surface area contributed by atoms with Crippen molar-refractivity contribution in [1.82, 2.24) is 15.3 Å². The minimum Gasteiger partial charge on any atom is -0.391 e. The highest BCUT2D eigenvalue weighted by atomic mass is 16.5. The highest BCUT2D eigenvalue weighted by molar-refractivity contribution is 5.31. The van der Waals surface area contributed by atoms with Crippen LogP contribution in [0.5, 0.6) is 0 Å². The third-order valence-corrected chi connectivity index (χ3v) is 3.71. The summed E-state index contributed by atoms with van der Waals surface area (Å²) >= 11 is 0.